The average molecular weight is 471 g/mol. The van der Waals surface area contributed by atoms with Crippen molar-refractivity contribution in [3.63, 3.8) is 0 Å². The summed E-state index contributed by atoms with van der Waals surface area (Å²) in [5.41, 5.74) is 3.18. The highest BCUT2D eigenvalue weighted by Crippen LogP contribution is 2.31. The first-order chi connectivity index (χ1) is 14.7. The van der Waals surface area contributed by atoms with E-state index in [0.717, 1.165) is 16.7 Å². The minimum Gasteiger partial charge on any atom is -0.457 e. The molecule has 31 heavy (non-hydrogen) atoms. The Bertz CT molecular complexity index is 1280. The molecule has 156 valence electrons. The zero-order chi connectivity index (χ0) is 22.3. The number of hydrogen-bond acceptors (Lipinski definition) is 4. The van der Waals surface area contributed by atoms with Crippen LogP contribution in [0.1, 0.15) is 16.9 Å². The van der Waals surface area contributed by atoms with Crippen LogP contribution in [0.25, 0.3) is 17.4 Å². The van der Waals surface area contributed by atoms with E-state index in [1.807, 2.05) is 26.0 Å². The van der Waals surface area contributed by atoms with Gasteiger partial charge in [-0.3, -0.25) is 19.8 Å². The van der Waals surface area contributed by atoms with Crippen LogP contribution in [0, 0.1) is 13.8 Å². The van der Waals surface area contributed by atoms with Crippen molar-refractivity contribution >= 4 is 64.1 Å². The number of carbonyl (C=O) groups excluding carboxylic acids is 2. The van der Waals surface area contributed by atoms with E-state index in [1.54, 1.807) is 36.4 Å². The molecule has 2 amide bonds. The molecule has 1 fully saturated rings. The molecule has 1 aliphatic rings. The van der Waals surface area contributed by atoms with Crippen molar-refractivity contribution in [1.82, 2.24) is 5.32 Å². The molecule has 2 aromatic carbocycles. The van der Waals surface area contributed by atoms with Gasteiger partial charge >= 0.3 is 0 Å². The molecule has 1 aromatic heterocycles. The molecule has 0 spiro atoms. The number of nitrogens with zero attached hydrogens (tertiary/aromatic N) is 1. The molecule has 0 unspecified atom stereocenters. The summed E-state index contributed by atoms with van der Waals surface area (Å²) < 4.78 is 5.81. The van der Waals surface area contributed by atoms with Crippen LogP contribution in [-0.2, 0) is 9.59 Å². The molecule has 1 saturated heterocycles. The molecular weight excluding hydrogens is 455 g/mol. The average Bonchev–Trinajstić information content (AvgIpc) is 3.17. The smallest absolute Gasteiger partial charge is 0.270 e. The van der Waals surface area contributed by atoms with Crippen LogP contribution < -0.4 is 10.2 Å². The molecular formula is C23H16Cl2N2O3S. The molecule has 5 nitrogen and oxygen atoms in total. The molecule has 0 bridgehead atoms. The third-order valence-electron chi connectivity index (χ3n) is 4.81. The molecule has 0 atom stereocenters. The van der Waals surface area contributed by atoms with E-state index in [2.05, 4.69) is 5.32 Å². The fourth-order valence-electron chi connectivity index (χ4n) is 3.31. The van der Waals surface area contributed by atoms with Crippen LogP contribution in [0.4, 0.5) is 5.69 Å². The SMILES string of the molecule is Cc1ccc(N2C(=O)/C(=C\c3ccc(-c4ccc(Cl)c(Cl)c4)o3)C(=O)NC2=S)c(C)c1. The molecule has 0 radical (unpaired) electrons. The minimum atomic E-state index is -0.580. The highest BCUT2D eigenvalue weighted by Gasteiger charge is 2.35. The number of anilines is 1. The van der Waals surface area contributed by atoms with Crippen molar-refractivity contribution < 1.29 is 14.0 Å². The molecule has 0 saturated carbocycles. The summed E-state index contributed by atoms with van der Waals surface area (Å²) in [7, 11) is 0. The fraction of sp³-hybridized carbons (Fsp3) is 0.0870. The predicted molar refractivity (Wildman–Crippen MR) is 126 cm³/mol. The summed E-state index contributed by atoms with van der Waals surface area (Å²) in [5, 5.41) is 3.45. The summed E-state index contributed by atoms with van der Waals surface area (Å²) in [6.07, 6.45) is 1.40. The largest absolute Gasteiger partial charge is 0.457 e. The summed E-state index contributed by atoms with van der Waals surface area (Å²) in [6.45, 7) is 3.84. The predicted octanol–water partition coefficient (Wildman–Crippen LogP) is 5.70. The Balaban J connectivity index is 1.69. The summed E-state index contributed by atoms with van der Waals surface area (Å²) in [4.78, 5) is 27.0. The first kappa shape index (κ1) is 21.3. The second-order valence-corrected chi connectivity index (χ2v) is 8.28. The minimum absolute atomic E-state index is 0.0371. The van der Waals surface area contributed by atoms with Crippen LogP contribution in [-0.4, -0.2) is 16.9 Å². The van der Waals surface area contributed by atoms with Crippen molar-refractivity contribution in [2.45, 2.75) is 13.8 Å². The Labute approximate surface area is 194 Å². The van der Waals surface area contributed by atoms with Gasteiger partial charge in [-0.15, -0.1) is 0 Å². The van der Waals surface area contributed by atoms with E-state index in [-0.39, 0.29) is 10.7 Å². The van der Waals surface area contributed by atoms with Gasteiger partial charge < -0.3 is 4.42 Å². The molecule has 2 heterocycles. The summed E-state index contributed by atoms with van der Waals surface area (Å²) >= 11 is 17.3. The molecule has 3 aromatic rings. The van der Waals surface area contributed by atoms with Gasteiger partial charge in [-0.05, 0) is 74.1 Å². The van der Waals surface area contributed by atoms with E-state index in [1.165, 1.54) is 11.0 Å². The topological polar surface area (TPSA) is 62.6 Å². The van der Waals surface area contributed by atoms with Gasteiger partial charge in [0.15, 0.2) is 5.11 Å². The molecule has 1 N–H and O–H groups in total. The van der Waals surface area contributed by atoms with Gasteiger partial charge in [-0.1, -0.05) is 40.9 Å². The van der Waals surface area contributed by atoms with Crippen molar-refractivity contribution in [3.05, 3.63) is 81.0 Å². The number of amides is 2. The number of carbonyl (C=O) groups is 2. The Hall–Kier alpha value is -2.93. The standard InChI is InChI=1S/C23H16Cl2N2O3S/c1-12-3-7-19(13(2)9-12)27-22(29)16(21(28)26-23(27)31)11-15-5-8-20(30-15)14-4-6-17(24)18(25)10-14/h3-11H,1-2H3,(H,26,28,31)/b16-11-. The maximum absolute atomic E-state index is 13.2. The molecule has 1 aliphatic heterocycles. The third kappa shape index (κ3) is 4.14. The van der Waals surface area contributed by atoms with Crippen LogP contribution in [0.3, 0.4) is 0 Å². The van der Waals surface area contributed by atoms with Gasteiger partial charge in [0.25, 0.3) is 11.8 Å². The number of furan rings is 1. The van der Waals surface area contributed by atoms with Crippen LogP contribution in [0.5, 0.6) is 0 Å². The van der Waals surface area contributed by atoms with E-state index < -0.39 is 11.8 Å². The zero-order valence-electron chi connectivity index (χ0n) is 16.5. The van der Waals surface area contributed by atoms with Gasteiger partial charge in [0.05, 0.1) is 15.7 Å². The number of nitrogens with one attached hydrogen (secondary N) is 1. The van der Waals surface area contributed by atoms with E-state index in [4.69, 9.17) is 39.8 Å². The quantitative estimate of drug-likeness (QED) is 0.302. The summed E-state index contributed by atoms with van der Waals surface area (Å²) in [6, 6.07) is 14.1. The zero-order valence-corrected chi connectivity index (χ0v) is 18.9. The molecule has 0 aliphatic carbocycles. The summed E-state index contributed by atoms with van der Waals surface area (Å²) in [5.74, 6) is -0.236. The van der Waals surface area contributed by atoms with Gasteiger partial charge in [-0.2, -0.15) is 0 Å². The van der Waals surface area contributed by atoms with Gasteiger partial charge in [0.1, 0.15) is 17.1 Å². The Morgan fingerprint density at radius 3 is 2.48 bits per heavy atom. The van der Waals surface area contributed by atoms with Crippen molar-refractivity contribution in [2.75, 3.05) is 4.90 Å². The maximum atomic E-state index is 13.2. The highest BCUT2D eigenvalue weighted by molar-refractivity contribution is 7.80. The molecule has 4 rings (SSSR count). The van der Waals surface area contributed by atoms with Crippen LogP contribution in [0.15, 0.2) is 58.5 Å². The first-order valence-corrected chi connectivity index (χ1v) is 10.4. The normalized spacial score (nSPS) is 15.5. The maximum Gasteiger partial charge on any atom is 0.270 e. The number of aryl methyl sites for hydroxylation is 2. The lowest BCUT2D eigenvalue weighted by Gasteiger charge is -2.30. The Morgan fingerprint density at radius 1 is 1.00 bits per heavy atom. The molecule has 8 heteroatoms. The number of benzene rings is 2. The Kier molecular flexibility index (Phi) is 5.71. The monoisotopic (exact) mass is 470 g/mol. The number of rotatable bonds is 3. The number of hydrogen-bond donors (Lipinski definition) is 1. The second-order valence-electron chi connectivity index (χ2n) is 7.08. The lowest BCUT2D eigenvalue weighted by Crippen LogP contribution is -2.54. The number of thiocarbonyl (C=S) groups is 1. The second kappa shape index (κ2) is 8.30. The van der Waals surface area contributed by atoms with E-state index in [9.17, 15) is 9.59 Å². The van der Waals surface area contributed by atoms with Crippen LogP contribution in [0.2, 0.25) is 10.0 Å². The highest BCUT2D eigenvalue weighted by atomic mass is 35.5. The van der Waals surface area contributed by atoms with Crippen LogP contribution >= 0.6 is 35.4 Å². The van der Waals surface area contributed by atoms with Gasteiger partial charge in [0.2, 0.25) is 0 Å². The van der Waals surface area contributed by atoms with Crippen molar-refractivity contribution in [1.29, 1.82) is 0 Å². The van der Waals surface area contributed by atoms with E-state index >= 15 is 0 Å². The third-order valence-corrected chi connectivity index (χ3v) is 5.84. The van der Waals surface area contributed by atoms with Gasteiger partial charge in [0, 0.05) is 5.56 Å². The fourth-order valence-corrected chi connectivity index (χ4v) is 3.88. The van der Waals surface area contributed by atoms with Crippen molar-refractivity contribution in [3.8, 4) is 11.3 Å². The lowest BCUT2D eigenvalue weighted by molar-refractivity contribution is -0.122. The number of halogens is 2. The van der Waals surface area contributed by atoms with Crippen molar-refractivity contribution in [2.24, 2.45) is 0 Å². The first-order valence-electron chi connectivity index (χ1n) is 9.28. The Morgan fingerprint density at radius 2 is 1.77 bits per heavy atom. The van der Waals surface area contributed by atoms with E-state index in [0.29, 0.717) is 27.3 Å². The van der Waals surface area contributed by atoms with Gasteiger partial charge in [-0.25, -0.2) is 0 Å². The lowest BCUT2D eigenvalue weighted by atomic mass is 10.1.